The van der Waals surface area contributed by atoms with Crippen molar-refractivity contribution in [1.82, 2.24) is 15.5 Å². The molecule has 0 fully saturated rings. The lowest BCUT2D eigenvalue weighted by atomic mass is 10.0. The number of rotatable bonds is 6. The predicted octanol–water partition coefficient (Wildman–Crippen LogP) is 3.57. The Morgan fingerprint density at radius 2 is 2.04 bits per heavy atom. The number of amides is 1. The molecule has 0 aliphatic carbocycles. The molecule has 2 aromatic heterocycles. The highest BCUT2D eigenvalue weighted by Gasteiger charge is 2.15. The summed E-state index contributed by atoms with van der Waals surface area (Å²) in [7, 11) is 0. The van der Waals surface area contributed by atoms with Gasteiger partial charge in [-0.1, -0.05) is 37.3 Å². The maximum Gasteiger partial charge on any atom is 0.258 e. The van der Waals surface area contributed by atoms with E-state index in [9.17, 15) is 4.79 Å². The monoisotopic (exact) mass is 341 g/mol. The third kappa shape index (κ3) is 3.89. The van der Waals surface area contributed by atoms with Gasteiger partial charge in [-0.05, 0) is 35.4 Å². The van der Waals surface area contributed by atoms with Crippen LogP contribution in [0.5, 0.6) is 0 Å². The minimum Gasteiger partial charge on any atom is -0.419 e. The fraction of sp³-hybridized carbons (Fsp3) is 0.278. The molecule has 0 saturated carbocycles. The first-order valence-corrected chi connectivity index (χ1v) is 8.70. The van der Waals surface area contributed by atoms with Crippen molar-refractivity contribution in [3.05, 3.63) is 58.8 Å². The van der Waals surface area contributed by atoms with Crippen molar-refractivity contribution in [2.75, 3.05) is 6.54 Å². The van der Waals surface area contributed by atoms with Gasteiger partial charge in [0.1, 0.15) is 6.42 Å². The van der Waals surface area contributed by atoms with E-state index in [1.807, 2.05) is 36.6 Å². The van der Waals surface area contributed by atoms with Crippen LogP contribution in [-0.4, -0.2) is 22.6 Å². The number of carbonyl (C=O) groups is 1. The molecule has 6 heteroatoms. The first kappa shape index (κ1) is 16.4. The van der Waals surface area contributed by atoms with Crippen molar-refractivity contribution in [2.24, 2.45) is 0 Å². The maximum atomic E-state index is 12.1. The van der Waals surface area contributed by atoms with Gasteiger partial charge in [0.25, 0.3) is 5.89 Å². The second kappa shape index (κ2) is 7.40. The van der Waals surface area contributed by atoms with Gasteiger partial charge in [0.15, 0.2) is 0 Å². The van der Waals surface area contributed by atoms with Crippen molar-refractivity contribution < 1.29 is 9.21 Å². The summed E-state index contributed by atoms with van der Waals surface area (Å²) < 4.78 is 5.60. The Labute approximate surface area is 144 Å². The van der Waals surface area contributed by atoms with Crippen molar-refractivity contribution in [3.8, 4) is 10.8 Å². The minimum atomic E-state index is -0.115. The number of aryl methyl sites for hydroxylation is 1. The average molecular weight is 341 g/mol. The summed E-state index contributed by atoms with van der Waals surface area (Å²) in [5, 5.41) is 12.9. The molecule has 1 atom stereocenters. The molecule has 2 heterocycles. The van der Waals surface area contributed by atoms with Crippen LogP contribution in [-0.2, 0) is 11.2 Å². The lowest BCUT2D eigenvalue weighted by Crippen LogP contribution is -2.29. The summed E-state index contributed by atoms with van der Waals surface area (Å²) in [5.74, 6) is 0.948. The third-order valence-corrected chi connectivity index (χ3v) is 4.81. The van der Waals surface area contributed by atoms with Crippen molar-refractivity contribution in [3.63, 3.8) is 0 Å². The number of hydrogen-bond donors (Lipinski definition) is 1. The maximum absolute atomic E-state index is 12.1. The summed E-state index contributed by atoms with van der Waals surface area (Å²) in [4.78, 5) is 13.0. The summed E-state index contributed by atoms with van der Waals surface area (Å²) in [6.45, 7) is 4.65. The average Bonchev–Trinajstić information content (AvgIpc) is 3.22. The zero-order valence-corrected chi connectivity index (χ0v) is 14.5. The van der Waals surface area contributed by atoms with Gasteiger partial charge in [0.2, 0.25) is 11.8 Å². The Bertz CT molecular complexity index is 811. The molecular formula is C18H19N3O2S. The van der Waals surface area contributed by atoms with Gasteiger partial charge in [-0.25, -0.2) is 0 Å². The summed E-state index contributed by atoms with van der Waals surface area (Å²) in [6.07, 6.45) is 0.0962. The first-order chi connectivity index (χ1) is 11.6. The molecule has 3 aromatic rings. The highest BCUT2D eigenvalue weighted by Crippen LogP contribution is 2.27. The fourth-order valence-corrected chi connectivity index (χ4v) is 3.22. The second-order valence-electron chi connectivity index (χ2n) is 5.73. The highest BCUT2D eigenvalue weighted by molar-refractivity contribution is 7.13. The van der Waals surface area contributed by atoms with Crippen LogP contribution in [0.1, 0.15) is 29.9 Å². The van der Waals surface area contributed by atoms with Crippen LogP contribution in [0.15, 0.2) is 46.2 Å². The van der Waals surface area contributed by atoms with Crippen LogP contribution >= 0.6 is 11.3 Å². The van der Waals surface area contributed by atoms with E-state index in [-0.39, 0.29) is 18.2 Å². The van der Waals surface area contributed by atoms with Gasteiger partial charge in [0.05, 0.1) is 4.88 Å². The molecule has 0 spiro atoms. The quantitative estimate of drug-likeness (QED) is 0.744. The number of nitrogens with zero attached hydrogens (tertiary/aromatic N) is 2. The zero-order valence-electron chi connectivity index (χ0n) is 13.7. The lowest BCUT2D eigenvalue weighted by Gasteiger charge is -2.12. The molecule has 3 rings (SSSR count). The zero-order chi connectivity index (χ0) is 16.9. The number of thiophene rings is 1. The Kier molecular flexibility index (Phi) is 5.05. The molecule has 0 bridgehead atoms. The first-order valence-electron chi connectivity index (χ1n) is 7.82. The van der Waals surface area contributed by atoms with Crippen molar-refractivity contribution in [2.45, 2.75) is 26.2 Å². The van der Waals surface area contributed by atoms with E-state index in [1.54, 1.807) is 11.3 Å². The van der Waals surface area contributed by atoms with E-state index in [0.717, 1.165) is 10.4 Å². The van der Waals surface area contributed by atoms with Crippen molar-refractivity contribution in [1.29, 1.82) is 0 Å². The van der Waals surface area contributed by atoms with Crippen LogP contribution in [0.25, 0.3) is 10.8 Å². The number of benzene rings is 1. The Balaban J connectivity index is 1.54. The van der Waals surface area contributed by atoms with Crippen LogP contribution in [0.3, 0.4) is 0 Å². The number of nitrogens with one attached hydrogen (secondary N) is 1. The standard InChI is InChI=1S/C18H19N3O2S/c1-12-8-9-24-17(12)18-21-20-16(23-18)10-15(22)19-11-13(2)14-6-4-3-5-7-14/h3-9,13H,10-11H2,1-2H3,(H,19,22). The molecule has 0 aliphatic heterocycles. The molecule has 124 valence electrons. The van der Waals surface area contributed by atoms with Gasteiger partial charge in [-0.3, -0.25) is 4.79 Å². The Morgan fingerprint density at radius 1 is 1.25 bits per heavy atom. The Hall–Kier alpha value is -2.47. The topological polar surface area (TPSA) is 68.0 Å². The van der Waals surface area contributed by atoms with Gasteiger partial charge >= 0.3 is 0 Å². The predicted molar refractivity (Wildman–Crippen MR) is 93.9 cm³/mol. The van der Waals surface area contributed by atoms with E-state index in [1.165, 1.54) is 5.56 Å². The van der Waals surface area contributed by atoms with Crippen LogP contribution < -0.4 is 5.32 Å². The molecule has 1 aromatic carbocycles. The normalized spacial score (nSPS) is 12.1. The molecule has 5 nitrogen and oxygen atoms in total. The largest absolute Gasteiger partial charge is 0.419 e. The minimum absolute atomic E-state index is 0.0962. The molecule has 0 saturated heterocycles. The smallest absolute Gasteiger partial charge is 0.258 e. The summed E-state index contributed by atoms with van der Waals surface area (Å²) in [5.41, 5.74) is 2.29. The van der Waals surface area contributed by atoms with E-state index in [0.29, 0.717) is 18.3 Å². The summed E-state index contributed by atoms with van der Waals surface area (Å²) >= 11 is 1.55. The molecule has 0 aliphatic rings. The van der Waals surface area contributed by atoms with Gasteiger partial charge in [-0.15, -0.1) is 21.5 Å². The molecule has 1 unspecified atom stereocenters. The molecule has 1 amide bonds. The van der Waals surface area contributed by atoms with Crippen LogP contribution in [0.4, 0.5) is 0 Å². The second-order valence-corrected chi connectivity index (χ2v) is 6.64. The molecule has 1 N–H and O–H groups in total. The molecular weight excluding hydrogens is 322 g/mol. The van der Waals surface area contributed by atoms with E-state index >= 15 is 0 Å². The van der Waals surface area contributed by atoms with E-state index in [4.69, 9.17) is 4.42 Å². The van der Waals surface area contributed by atoms with Crippen LogP contribution in [0.2, 0.25) is 0 Å². The SMILES string of the molecule is Cc1ccsc1-c1nnc(CC(=O)NCC(C)c2ccccc2)o1. The molecule has 0 radical (unpaired) electrons. The summed E-state index contributed by atoms with van der Waals surface area (Å²) in [6, 6.07) is 12.1. The lowest BCUT2D eigenvalue weighted by molar-refractivity contribution is -0.120. The fourth-order valence-electron chi connectivity index (χ4n) is 2.37. The van der Waals surface area contributed by atoms with E-state index < -0.39 is 0 Å². The third-order valence-electron chi connectivity index (χ3n) is 3.81. The molecule has 24 heavy (non-hydrogen) atoms. The number of hydrogen-bond acceptors (Lipinski definition) is 5. The van der Waals surface area contributed by atoms with Gasteiger partial charge in [-0.2, -0.15) is 0 Å². The van der Waals surface area contributed by atoms with Crippen molar-refractivity contribution >= 4 is 17.2 Å². The number of aromatic nitrogens is 2. The van der Waals surface area contributed by atoms with Gasteiger partial charge in [0, 0.05) is 6.54 Å². The van der Waals surface area contributed by atoms with E-state index in [2.05, 4.69) is 34.6 Å². The number of carbonyl (C=O) groups excluding carboxylic acids is 1. The highest BCUT2D eigenvalue weighted by atomic mass is 32.1. The van der Waals surface area contributed by atoms with Crippen LogP contribution in [0, 0.1) is 6.92 Å². The Morgan fingerprint density at radius 3 is 2.75 bits per heavy atom. The van der Waals surface area contributed by atoms with Gasteiger partial charge < -0.3 is 9.73 Å².